The van der Waals surface area contributed by atoms with Gasteiger partial charge in [-0.1, -0.05) is 0 Å². The maximum absolute atomic E-state index is 10.9. The van der Waals surface area contributed by atoms with Gasteiger partial charge in [0.05, 0.1) is 11.4 Å². The summed E-state index contributed by atoms with van der Waals surface area (Å²) in [6, 6.07) is -0.589. The Morgan fingerprint density at radius 2 is 2.33 bits per heavy atom. The first-order chi connectivity index (χ1) is 5.61. The topological polar surface area (TPSA) is 82.0 Å². The Labute approximate surface area is 70.5 Å². The number of nitroso groups, excluding NO2 is 1. The van der Waals surface area contributed by atoms with Crippen molar-refractivity contribution in [2.75, 3.05) is 13.1 Å². The van der Waals surface area contributed by atoms with Crippen LogP contribution < -0.4 is 5.32 Å². The number of carbonyl (C=O) groups excluding carboxylic acids is 1. The first kappa shape index (κ1) is 10.8. The number of nitrogens with zero attached hydrogens (tertiary/aromatic N) is 2. The Kier molecular flexibility index (Phi) is 4.94. The predicted molar refractivity (Wildman–Crippen MR) is 43.3 cm³/mol. The average molecular weight is 175 g/mol. The summed E-state index contributed by atoms with van der Waals surface area (Å²) in [7, 11) is 0. The molecular weight excluding hydrogens is 162 g/mol. The summed E-state index contributed by atoms with van der Waals surface area (Å²) in [5.74, 6) is 0. The average Bonchev–Trinajstić information content (AvgIpc) is 2.03. The van der Waals surface area contributed by atoms with Crippen molar-refractivity contribution in [3.63, 3.8) is 0 Å². The third kappa shape index (κ3) is 3.87. The predicted octanol–water partition coefficient (Wildman–Crippen LogP) is 0.0801. The van der Waals surface area contributed by atoms with Crippen LogP contribution in [0.2, 0.25) is 0 Å². The highest BCUT2D eigenvalue weighted by atomic mass is 16.3. The van der Waals surface area contributed by atoms with Crippen LogP contribution >= 0.6 is 0 Å². The van der Waals surface area contributed by atoms with Crippen LogP contribution in [0.5, 0.6) is 0 Å². The second-order valence-corrected chi connectivity index (χ2v) is 2.33. The maximum Gasteiger partial charge on any atom is 0.340 e. The van der Waals surface area contributed by atoms with Gasteiger partial charge >= 0.3 is 6.03 Å². The van der Waals surface area contributed by atoms with Gasteiger partial charge in [0.25, 0.3) is 0 Å². The third-order valence-electron chi connectivity index (χ3n) is 1.18. The molecule has 0 radical (unpaired) electrons. The van der Waals surface area contributed by atoms with Gasteiger partial charge in [0.2, 0.25) is 0 Å². The zero-order chi connectivity index (χ0) is 9.56. The third-order valence-corrected chi connectivity index (χ3v) is 1.18. The van der Waals surface area contributed by atoms with Crippen LogP contribution in [0.25, 0.3) is 0 Å². The number of rotatable bonds is 4. The number of carbonyl (C=O) groups is 1. The number of nitrogens with one attached hydrogen (secondary N) is 1. The molecule has 2 amide bonds. The summed E-state index contributed by atoms with van der Waals surface area (Å²) in [5, 5.41) is 14.3. The van der Waals surface area contributed by atoms with E-state index in [0.29, 0.717) is 0 Å². The Bertz CT molecular complexity index is 160. The number of hydrogen-bond acceptors (Lipinski definition) is 4. The van der Waals surface area contributed by atoms with E-state index in [9.17, 15) is 9.70 Å². The van der Waals surface area contributed by atoms with Crippen molar-refractivity contribution in [2.45, 2.75) is 20.0 Å². The highest BCUT2D eigenvalue weighted by molar-refractivity contribution is 5.73. The summed E-state index contributed by atoms with van der Waals surface area (Å²) in [4.78, 5) is 20.9. The van der Waals surface area contributed by atoms with Crippen molar-refractivity contribution < 1.29 is 9.90 Å². The van der Waals surface area contributed by atoms with Gasteiger partial charge in [-0.05, 0) is 13.8 Å². The molecule has 0 aromatic carbocycles. The molecule has 0 rings (SSSR count). The van der Waals surface area contributed by atoms with Crippen LogP contribution in [0.15, 0.2) is 5.29 Å². The van der Waals surface area contributed by atoms with Crippen molar-refractivity contribution in [3.05, 3.63) is 4.91 Å². The zero-order valence-electron chi connectivity index (χ0n) is 7.15. The van der Waals surface area contributed by atoms with Crippen LogP contribution in [0, 0.1) is 4.91 Å². The van der Waals surface area contributed by atoms with E-state index in [0.717, 1.165) is 5.01 Å². The molecule has 0 fully saturated rings. The maximum atomic E-state index is 10.9. The van der Waals surface area contributed by atoms with E-state index < -0.39 is 12.1 Å². The molecule has 6 nitrogen and oxygen atoms in total. The number of urea groups is 1. The first-order valence-electron chi connectivity index (χ1n) is 3.68. The van der Waals surface area contributed by atoms with Crippen LogP contribution in [0.1, 0.15) is 13.8 Å². The van der Waals surface area contributed by atoms with E-state index in [1.165, 1.54) is 6.92 Å². The molecule has 0 saturated carbocycles. The minimum Gasteiger partial charge on any atom is -0.392 e. The first-order valence-corrected chi connectivity index (χ1v) is 3.68. The van der Waals surface area contributed by atoms with E-state index in [4.69, 9.17) is 5.11 Å². The molecule has 12 heavy (non-hydrogen) atoms. The van der Waals surface area contributed by atoms with Crippen molar-refractivity contribution in [1.82, 2.24) is 10.3 Å². The Balaban J connectivity index is 3.77. The summed E-state index contributed by atoms with van der Waals surface area (Å²) < 4.78 is 0. The van der Waals surface area contributed by atoms with E-state index in [1.807, 2.05) is 0 Å². The van der Waals surface area contributed by atoms with Crippen LogP contribution in [0.3, 0.4) is 0 Å². The second-order valence-electron chi connectivity index (χ2n) is 2.33. The summed E-state index contributed by atoms with van der Waals surface area (Å²) >= 11 is 0. The lowest BCUT2D eigenvalue weighted by Gasteiger charge is -2.12. The monoisotopic (exact) mass is 175 g/mol. The molecule has 0 aromatic heterocycles. The van der Waals surface area contributed by atoms with Crippen LogP contribution in [0.4, 0.5) is 4.79 Å². The molecule has 0 heterocycles. The van der Waals surface area contributed by atoms with E-state index in [2.05, 4.69) is 10.6 Å². The van der Waals surface area contributed by atoms with Crippen LogP contribution in [-0.4, -0.2) is 35.3 Å². The van der Waals surface area contributed by atoms with Crippen LogP contribution in [-0.2, 0) is 0 Å². The molecule has 0 spiro atoms. The van der Waals surface area contributed by atoms with Crippen molar-refractivity contribution >= 4 is 6.03 Å². The normalized spacial score (nSPS) is 11.9. The van der Waals surface area contributed by atoms with Gasteiger partial charge in [0.15, 0.2) is 0 Å². The van der Waals surface area contributed by atoms with Gasteiger partial charge in [-0.2, -0.15) is 5.01 Å². The van der Waals surface area contributed by atoms with Gasteiger partial charge in [0.1, 0.15) is 0 Å². The van der Waals surface area contributed by atoms with E-state index in [-0.39, 0.29) is 13.1 Å². The fourth-order valence-electron chi connectivity index (χ4n) is 0.565. The van der Waals surface area contributed by atoms with Gasteiger partial charge in [-0.25, -0.2) is 4.79 Å². The van der Waals surface area contributed by atoms with E-state index >= 15 is 0 Å². The summed E-state index contributed by atoms with van der Waals surface area (Å²) in [6.45, 7) is 3.49. The Hall–Kier alpha value is -1.17. The Morgan fingerprint density at radius 3 is 2.67 bits per heavy atom. The highest BCUT2D eigenvalue weighted by Gasteiger charge is 2.10. The number of hydrogen-bond donors (Lipinski definition) is 2. The Morgan fingerprint density at radius 1 is 1.75 bits per heavy atom. The molecule has 0 aliphatic carbocycles. The molecular formula is C6H13N3O3. The van der Waals surface area contributed by atoms with Gasteiger partial charge < -0.3 is 10.4 Å². The van der Waals surface area contributed by atoms with Gasteiger partial charge in [-0.3, -0.25) is 0 Å². The molecule has 0 aromatic rings. The minimum atomic E-state index is -0.626. The largest absolute Gasteiger partial charge is 0.392 e. The number of aliphatic hydroxyl groups is 1. The molecule has 0 bridgehead atoms. The molecule has 0 aliphatic heterocycles. The number of amides is 2. The SMILES string of the molecule is CCN(N=O)C(=O)NCC(C)O. The molecule has 0 saturated heterocycles. The second kappa shape index (κ2) is 5.48. The zero-order valence-corrected chi connectivity index (χ0v) is 7.15. The van der Waals surface area contributed by atoms with Gasteiger partial charge in [-0.15, -0.1) is 4.91 Å². The molecule has 2 N–H and O–H groups in total. The van der Waals surface area contributed by atoms with Crippen molar-refractivity contribution in [2.24, 2.45) is 5.29 Å². The quantitative estimate of drug-likeness (QED) is 0.469. The molecule has 0 aliphatic rings. The number of aliphatic hydroxyl groups excluding tert-OH is 1. The smallest absolute Gasteiger partial charge is 0.340 e. The summed E-state index contributed by atoms with van der Waals surface area (Å²) in [6.07, 6.45) is -0.626. The molecule has 1 atom stereocenters. The highest BCUT2D eigenvalue weighted by Crippen LogP contribution is 1.88. The lowest BCUT2D eigenvalue weighted by Crippen LogP contribution is -2.39. The lowest BCUT2D eigenvalue weighted by atomic mass is 10.4. The van der Waals surface area contributed by atoms with Gasteiger partial charge in [0, 0.05) is 13.1 Å². The lowest BCUT2D eigenvalue weighted by molar-refractivity contribution is 0.173. The van der Waals surface area contributed by atoms with Crippen molar-refractivity contribution in [1.29, 1.82) is 0 Å². The summed E-state index contributed by atoms with van der Waals surface area (Å²) in [5.41, 5.74) is 0. The molecule has 70 valence electrons. The fourth-order valence-corrected chi connectivity index (χ4v) is 0.565. The van der Waals surface area contributed by atoms with E-state index in [1.54, 1.807) is 6.92 Å². The molecule has 1 unspecified atom stereocenters. The molecule has 6 heteroatoms. The minimum absolute atomic E-state index is 0.116. The standard InChI is InChI=1S/C6H13N3O3/c1-3-9(8-12)6(11)7-4-5(2)10/h5,10H,3-4H2,1-2H3,(H,7,11). The van der Waals surface area contributed by atoms with Crippen molar-refractivity contribution in [3.8, 4) is 0 Å². The fraction of sp³-hybridized carbons (Fsp3) is 0.833.